The Hall–Kier alpha value is -2.21. The van der Waals surface area contributed by atoms with Crippen LogP contribution in [0.2, 0.25) is 5.02 Å². The van der Waals surface area contributed by atoms with Gasteiger partial charge in [-0.2, -0.15) is 0 Å². The second-order valence-corrected chi connectivity index (χ2v) is 4.84. The minimum Gasteiger partial charge on any atom is -0.362 e. The maximum Gasteiger partial charge on any atom is 0.200 e. The Balaban J connectivity index is 1.84. The molecule has 0 fully saturated rings. The van der Waals surface area contributed by atoms with E-state index in [0.29, 0.717) is 5.65 Å². The number of aromatic nitrogens is 5. The van der Waals surface area contributed by atoms with Gasteiger partial charge in [-0.3, -0.25) is 0 Å². The number of benzene rings is 1. The number of tetrazole rings is 1. The van der Waals surface area contributed by atoms with Crippen molar-refractivity contribution in [2.45, 2.75) is 19.4 Å². The highest BCUT2D eigenvalue weighted by molar-refractivity contribution is 6.30. The molecule has 0 unspecified atom stereocenters. The van der Waals surface area contributed by atoms with Gasteiger partial charge in [0.1, 0.15) is 5.82 Å². The summed E-state index contributed by atoms with van der Waals surface area (Å²) in [5.41, 5.74) is 1.78. The first-order valence-corrected chi connectivity index (χ1v) is 6.71. The van der Waals surface area contributed by atoms with Gasteiger partial charge in [0.05, 0.1) is 6.04 Å². The second kappa shape index (κ2) is 5.42. The van der Waals surface area contributed by atoms with Crippen molar-refractivity contribution in [3.63, 3.8) is 0 Å². The molecule has 2 heterocycles. The molecule has 1 atom stereocenters. The quantitative estimate of drug-likeness (QED) is 0.799. The number of rotatable bonds is 4. The summed E-state index contributed by atoms with van der Waals surface area (Å²) in [4.78, 5) is 0. The van der Waals surface area contributed by atoms with Crippen LogP contribution in [0, 0.1) is 0 Å². The lowest BCUT2D eigenvalue weighted by Crippen LogP contribution is -2.12. The van der Waals surface area contributed by atoms with Crippen molar-refractivity contribution in [1.82, 2.24) is 25.3 Å². The van der Waals surface area contributed by atoms with E-state index in [1.54, 1.807) is 0 Å². The van der Waals surface area contributed by atoms with Crippen molar-refractivity contribution in [3.05, 3.63) is 47.0 Å². The molecule has 0 bridgehead atoms. The molecular weight excluding hydrogens is 276 g/mol. The second-order valence-electron chi connectivity index (χ2n) is 4.40. The number of fused-ring (bicyclic) bond motifs is 1. The van der Waals surface area contributed by atoms with Crippen molar-refractivity contribution in [2.24, 2.45) is 0 Å². The van der Waals surface area contributed by atoms with Gasteiger partial charge >= 0.3 is 0 Å². The smallest absolute Gasteiger partial charge is 0.200 e. The van der Waals surface area contributed by atoms with Crippen LogP contribution in [0.4, 0.5) is 5.82 Å². The fourth-order valence-corrected chi connectivity index (χ4v) is 2.15. The van der Waals surface area contributed by atoms with Gasteiger partial charge in [-0.1, -0.05) is 30.7 Å². The van der Waals surface area contributed by atoms with E-state index in [4.69, 9.17) is 11.6 Å². The minimum atomic E-state index is 0.161. The lowest BCUT2D eigenvalue weighted by atomic mass is 10.0. The molecule has 0 aliphatic heterocycles. The molecule has 0 saturated heterocycles. The van der Waals surface area contributed by atoms with Gasteiger partial charge in [-0.25, -0.2) is 0 Å². The average molecular weight is 289 g/mol. The molecule has 0 spiro atoms. The standard InChI is InChI=1S/C13H13ClN6/c1-2-11(9-3-5-10(14)6-4-9)15-12-7-8-13-16-18-19-20(13)17-12/h3-8,11H,2H2,1H3,(H,15,17)/t11-/m1/s1. The van der Waals surface area contributed by atoms with Crippen LogP contribution >= 0.6 is 11.6 Å². The number of hydrogen-bond donors (Lipinski definition) is 1. The molecular formula is C13H13ClN6. The molecule has 6 nitrogen and oxygen atoms in total. The Bertz CT molecular complexity index is 708. The van der Waals surface area contributed by atoms with E-state index in [0.717, 1.165) is 22.8 Å². The van der Waals surface area contributed by atoms with Gasteiger partial charge in [0.2, 0.25) is 0 Å². The van der Waals surface area contributed by atoms with Crippen LogP contribution in [-0.2, 0) is 0 Å². The van der Waals surface area contributed by atoms with Gasteiger partial charge in [0, 0.05) is 5.02 Å². The molecule has 1 aromatic carbocycles. The summed E-state index contributed by atoms with van der Waals surface area (Å²) in [6.45, 7) is 2.11. The molecule has 0 amide bonds. The molecule has 0 aliphatic carbocycles. The molecule has 3 aromatic rings. The summed E-state index contributed by atoms with van der Waals surface area (Å²) >= 11 is 5.91. The predicted octanol–water partition coefficient (Wildman–Crippen LogP) is 2.74. The van der Waals surface area contributed by atoms with E-state index >= 15 is 0 Å². The minimum absolute atomic E-state index is 0.161. The zero-order valence-corrected chi connectivity index (χ0v) is 11.6. The van der Waals surface area contributed by atoms with Crippen molar-refractivity contribution in [1.29, 1.82) is 0 Å². The zero-order chi connectivity index (χ0) is 13.9. The first-order chi connectivity index (χ1) is 9.76. The highest BCUT2D eigenvalue weighted by atomic mass is 35.5. The molecule has 0 radical (unpaired) electrons. The summed E-state index contributed by atoms with van der Waals surface area (Å²) in [5, 5.41) is 19.6. The highest BCUT2D eigenvalue weighted by Gasteiger charge is 2.10. The van der Waals surface area contributed by atoms with Crippen molar-refractivity contribution >= 4 is 23.1 Å². The summed E-state index contributed by atoms with van der Waals surface area (Å²) in [5.74, 6) is 0.728. The van der Waals surface area contributed by atoms with Gasteiger partial charge in [0.15, 0.2) is 5.65 Å². The Morgan fingerprint density at radius 2 is 2.00 bits per heavy atom. The lowest BCUT2D eigenvalue weighted by Gasteiger charge is -2.17. The first kappa shape index (κ1) is 12.8. The van der Waals surface area contributed by atoms with E-state index in [2.05, 4.69) is 32.9 Å². The number of nitrogens with zero attached hydrogens (tertiary/aromatic N) is 5. The van der Waals surface area contributed by atoms with E-state index < -0.39 is 0 Å². The van der Waals surface area contributed by atoms with Gasteiger partial charge in [0.25, 0.3) is 0 Å². The Kier molecular flexibility index (Phi) is 3.47. The summed E-state index contributed by atoms with van der Waals surface area (Å²) in [7, 11) is 0. The monoisotopic (exact) mass is 288 g/mol. The number of anilines is 1. The third kappa shape index (κ3) is 2.55. The maximum atomic E-state index is 5.91. The van der Waals surface area contributed by atoms with Crippen LogP contribution in [0.15, 0.2) is 36.4 Å². The van der Waals surface area contributed by atoms with Crippen molar-refractivity contribution in [3.8, 4) is 0 Å². The molecule has 0 aliphatic rings. The van der Waals surface area contributed by atoms with Crippen LogP contribution in [0.3, 0.4) is 0 Å². The number of nitrogens with one attached hydrogen (secondary N) is 1. The molecule has 0 saturated carbocycles. The molecule has 7 heteroatoms. The third-order valence-corrected chi connectivity index (χ3v) is 3.32. The Morgan fingerprint density at radius 1 is 1.20 bits per heavy atom. The lowest BCUT2D eigenvalue weighted by molar-refractivity contribution is 0.708. The molecule has 2 aromatic heterocycles. The van der Waals surface area contributed by atoms with Crippen LogP contribution in [0.25, 0.3) is 5.65 Å². The van der Waals surface area contributed by atoms with Crippen LogP contribution in [-0.4, -0.2) is 25.3 Å². The number of hydrogen-bond acceptors (Lipinski definition) is 5. The van der Waals surface area contributed by atoms with E-state index in [-0.39, 0.29) is 6.04 Å². The fraction of sp³-hybridized carbons (Fsp3) is 0.231. The summed E-state index contributed by atoms with van der Waals surface area (Å²) in [6.07, 6.45) is 0.928. The summed E-state index contributed by atoms with van der Waals surface area (Å²) in [6, 6.07) is 11.7. The predicted molar refractivity (Wildman–Crippen MR) is 76.7 cm³/mol. The normalized spacial score (nSPS) is 12.5. The zero-order valence-electron chi connectivity index (χ0n) is 10.9. The van der Waals surface area contributed by atoms with Crippen LogP contribution in [0.5, 0.6) is 0 Å². The van der Waals surface area contributed by atoms with Gasteiger partial charge in [-0.15, -0.1) is 14.8 Å². The number of halogens is 1. The van der Waals surface area contributed by atoms with Crippen LogP contribution in [0.1, 0.15) is 24.9 Å². The average Bonchev–Trinajstić information content (AvgIpc) is 2.93. The molecule has 3 rings (SSSR count). The SMILES string of the molecule is CC[C@@H](Nc1ccc2nnnn2n1)c1ccc(Cl)cc1. The largest absolute Gasteiger partial charge is 0.362 e. The third-order valence-electron chi connectivity index (χ3n) is 3.07. The highest BCUT2D eigenvalue weighted by Crippen LogP contribution is 2.22. The van der Waals surface area contributed by atoms with E-state index in [1.807, 2.05) is 36.4 Å². The molecule has 1 N–H and O–H groups in total. The summed E-state index contributed by atoms with van der Waals surface area (Å²) < 4.78 is 1.40. The van der Waals surface area contributed by atoms with Gasteiger partial charge < -0.3 is 5.32 Å². The molecule has 20 heavy (non-hydrogen) atoms. The van der Waals surface area contributed by atoms with Gasteiger partial charge in [-0.05, 0) is 46.7 Å². The fourth-order valence-electron chi connectivity index (χ4n) is 2.02. The van der Waals surface area contributed by atoms with Crippen LogP contribution < -0.4 is 5.32 Å². The molecule has 102 valence electrons. The Morgan fingerprint density at radius 3 is 2.75 bits per heavy atom. The first-order valence-electron chi connectivity index (χ1n) is 6.33. The van der Waals surface area contributed by atoms with E-state index in [1.165, 1.54) is 4.63 Å². The topological polar surface area (TPSA) is 68.0 Å². The van der Waals surface area contributed by atoms with E-state index in [9.17, 15) is 0 Å². The van der Waals surface area contributed by atoms with Crippen molar-refractivity contribution < 1.29 is 0 Å². The Labute approximate surface area is 120 Å². The van der Waals surface area contributed by atoms with Crippen molar-refractivity contribution in [2.75, 3.05) is 5.32 Å². The maximum absolute atomic E-state index is 5.91.